The van der Waals surface area contributed by atoms with Crippen LogP contribution in [-0.4, -0.2) is 16.7 Å². The van der Waals surface area contributed by atoms with Crippen LogP contribution in [-0.2, 0) is 6.42 Å². The molecule has 21 heavy (non-hydrogen) atoms. The molecule has 0 aliphatic carbocycles. The van der Waals surface area contributed by atoms with Crippen molar-refractivity contribution < 1.29 is 4.39 Å². The summed E-state index contributed by atoms with van der Waals surface area (Å²) in [6.07, 6.45) is 0.693. The highest BCUT2D eigenvalue weighted by molar-refractivity contribution is 9.10. The number of rotatable bonds is 5. The summed E-state index contributed by atoms with van der Waals surface area (Å²) in [5.74, 6) is -0.233. The van der Waals surface area contributed by atoms with Crippen LogP contribution in [0.2, 0.25) is 0 Å². The number of aryl methyl sites for hydroxylation is 2. The fourth-order valence-electron chi connectivity index (χ4n) is 2.39. The van der Waals surface area contributed by atoms with Crippen molar-refractivity contribution in [3.8, 4) is 0 Å². The molecule has 0 fully saturated rings. The van der Waals surface area contributed by atoms with Gasteiger partial charge in [-0.25, -0.2) is 4.39 Å². The first-order chi connectivity index (χ1) is 10.0. The number of hydrogen-bond donors (Lipinski definition) is 1. The minimum absolute atomic E-state index is 0.0855. The summed E-state index contributed by atoms with van der Waals surface area (Å²) in [7, 11) is 0. The van der Waals surface area contributed by atoms with Crippen LogP contribution in [0.3, 0.4) is 0 Å². The first-order valence-electron chi connectivity index (χ1n) is 7.00. The SMILES string of the molecule is CCNC(Cc1cccc(F)c1Br)c1cc(C)nnc1C. The molecule has 0 bridgehead atoms. The van der Waals surface area contributed by atoms with Crippen LogP contribution in [0.5, 0.6) is 0 Å². The highest BCUT2D eigenvalue weighted by Crippen LogP contribution is 2.27. The first-order valence-corrected chi connectivity index (χ1v) is 7.79. The van der Waals surface area contributed by atoms with Crippen molar-refractivity contribution in [3.05, 3.63) is 57.1 Å². The van der Waals surface area contributed by atoms with Gasteiger partial charge in [-0.3, -0.25) is 0 Å². The average molecular weight is 352 g/mol. The maximum atomic E-state index is 13.7. The predicted octanol–water partition coefficient (Wildman–Crippen LogP) is 3.89. The Hall–Kier alpha value is -1.33. The largest absolute Gasteiger partial charge is 0.310 e. The molecule has 2 rings (SSSR count). The molecular weight excluding hydrogens is 333 g/mol. The van der Waals surface area contributed by atoms with Crippen LogP contribution in [0.1, 0.15) is 35.5 Å². The molecule has 1 unspecified atom stereocenters. The maximum absolute atomic E-state index is 13.7. The molecule has 0 amide bonds. The minimum atomic E-state index is -0.233. The van der Waals surface area contributed by atoms with Crippen LogP contribution in [0.25, 0.3) is 0 Å². The van der Waals surface area contributed by atoms with E-state index in [1.165, 1.54) is 6.07 Å². The maximum Gasteiger partial charge on any atom is 0.137 e. The van der Waals surface area contributed by atoms with Crippen molar-refractivity contribution in [2.24, 2.45) is 0 Å². The third-order valence-corrected chi connectivity index (χ3v) is 4.31. The second-order valence-corrected chi connectivity index (χ2v) is 5.85. The molecule has 0 aliphatic heterocycles. The highest BCUT2D eigenvalue weighted by atomic mass is 79.9. The fraction of sp³-hybridized carbons (Fsp3) is 0.375. The van der Waals surface area contributed by atoms with Gasteiger partial charge in [0.15, 0.2) is 0 Å². The molecule has 0 aliphatic rings. The molecule has 112 valence electrons. The van der Waals surface area contributed by atoms with Crippen LogP contribution < -0.4 is 5.32 Å². The van der Waals surface area contributed by atoms with Gasteiger partial charge in [0.1, 0.15) is 5.82 Å². The monoisotopic (exact) mass is 351 g/mol. The molecule has 1 heterocycles. The second kappa shape index (κ2) is 7.09. The molecule has 0 saturated carbocycles. The summed E-state index contributed by atoms with van der Waals surface area (Å²) < 4.78 is 14.2. The van der Waals surface area contributed by atoms with Crippen molar-refractivity contribution in [1.82, 2.24) is 15.5 Å². The smallest absolute Gasteiger partial charge is 0.137 e. The minimum Gasteiger partial charge on any atom is -0.310 e. The summed E-state index contributed by atoms with van der Waals surface area (Å²) in [6, 6.07) is 7.26. The molecule has 1 aromatic heterocycles. The lowest BCUT2D eigenvalue weighted by molar-refractivity contribution is 0.538. The van der Waals surface area contributed by atoms with E-state index in [-0.39, 0.29) is 11.9 Å². The van der Waals surface area contributed by atoms with E-state index in [1.54, 1.807) is 6.07 Å². The van der Waals surface area contributed by atoms with Crippen LogP contribution >= 0.6 is 15.9 Å². The van der Waals surface area contributed by atoms with Gasteiger partial charge in [0.05, 0.1) is 15.9 Å². The molecule has 3 nitrogen and oxygen atoms in total. The van der Waals surface area contributed by atoms with Crippen molar-refractivity contribution in [2.45, 2.75) is 33.2 Å². The Morgan fingerprint density at radius 1 is 1.29 bits per heavy atom. The van der Waals surface area contributed by atoms with Crippen LogP contribution in [0, 0.1) is 19.7 Å². The number of nitrogens with zero attached hydrogens (tertiary/aromatic N) is 2. The first kappa shape index (κ1) is 16.0. The van der Waals surface area contributed by atoms with Gasteiger partial charge in [0.25, 0.3) is 0 Å². The van der Waals surface area contributed by atoms with Gasteiger partial charge in [-0.2, -0.15) is 10.2 Å². The van der Waals surface area contributed by atoms with Gasteiger partial charge >= 0.3 is 0 Å². The van der Waals surface area contributed by atoms with Gasteiger partial charge in [0.2, 0.25) is 0 Å². The van der Waals surface area contributed by atoms with E-state index in [9.17, 15) is 4.39 Å². The van der Waals surface area contributed by atoms with E-state index >= 15 is 0 Å². The Morgan fingerprint density at radius 2 is 2.05 bits per heavy atom. The molecule has 1 atom stereocenters. The number of halogens is 2. The highest BCUT2D eigenvalue weighted by Gasteiger charge is 2.17. The Morgan fingerprint density at radius 3 is 2.76 bits per heavy atom. The Kier molecular flexibility index (Phi) is 5.42. The van der Waals surface area contributed by atoms with Gasteiger partial charge in [0, 0.05) is 6.04 Å². The summed E-state index contributed by atoms with van der Waals surface area (Å²) in [5.41, 5.74) is 3.84. The van der Waals surface area contributed by atoms with Crippen LogP contribution in [0.4, 0.5) is 4.39 Å². The van der Waals surface area contributed by atoms with E-state index in [2.05, 4.69) is 38.4 Å². The molecule has 5 heteroatoms. The van der Waals surface area contributed by atoms with Crippen molar-refractivity contribution >= 4 is 15.9 Å². The zero-order valence-corrected chi connectivity index (χ0v) is 14.0. The Balaban J connectivity index is 2.35. The summed E-state index contributed by atoms with van der Waals surface area (Å²) in [5, 5.41) is 11.7. The molecular formula is C16H19BrFN3. The zero-order chi connectivity index (χ0) is 15.4. The normalized spacial score (nSPS) is 12.4. The van der Waals surface area contributed by atoms with E-state index in [0.29, 0.717) is 10.9 Å². The lowest BCUT2D eigenvalue weighted by Crippen LogP contribution is -2.24. The second-order valence-electron chi connectivity index (χ2n) is 5.05. The van der Waals surface area contributed by atoms with Crippen molar-refractivity contribution in [3.63, 3.8) is 0 Å². The summed E-state index contributed by atoms with van der Waals surface area (Å²) >= 11 is 3.33. The average Bonchev–Trinajstić information content (AvgIpc) is 2.46. The van der Waals surface area contributed by atoms with Crippen LogP contribution in [0.15, 0.2) is 28.7 Å². The molecule has 0 spiro atoms. The fourth-order valence-corrected chi connectivity index (χ4v) is 2.81. The number of likely N-dealkylation sites (N-methyl/N-ethyl adjacent to an activating group) is 1. The third-order valence-electron chi connectivity index (χ3n) is 3.42. The molecule has 0 radical (unpaired) electrons. The zero-order valence-electron chi connectivity index (χ0n) is 12.5. The van der Waals surface area contributed by atoms with Gasteiger partial charge < -0.3 is 5.32 Å². The lowest BCUT2D eigenvalue weighted by Gasteiger charge is -2.21. The van der Waals surface area contributed by atoms with E-state index in [1.807, 2.05) is 26.0 Å². The topological polar surface area (TPSA) is 37.8 Å². The molecule has 0 saturated heterocycles. The molecule has 1 N–H and O–H groups in total. The van der Waals surface area contributed by atoms with Gasteiger partial charge in [-0.1, -0.05) is 19.1 Å². The Bertz CT molecular complexity index is 631. The molecule has 1 aromatic carbocycles. The van der Waals surface area contributed by atoms with E-state index in [4.69, 9.17) is 0 Å². The standard InChI is InChI=1S/C16H19BrFN3/c1-4-19-15(13-8-10(2)20-21-11(13)3)9-12-6-5-7-14(18)16(12)17/h5-8,15,19H,4,9H2,1-3H3. The number of nitrogens with one attached hydrogen (secondary N) is 1. The number of benzene rings is 1. The summed E-state index contributed by atoms with van der Waals surface area (Å²) in [6.45, 7) is 6.77. The number of aromatic nitrogens is 2. The van der Waals surface area contributed by atoms with Gasteiger partial charge in [-0.15, -0.1) is 0 Å². The van der Waals surface area contributed by atoms with Gasteiger partial charge in [-0.05, 0) is 66.0 Å². The van der Waals surface area contributed by atoms with Crippen molar-refractivity contribution in [2.75, 3.05) is 6.54 Å². The van der Waals surface area contributed by atoms with Crippen molar-refractivity contribution in [1.29, 1.82) is 0 Å². The number of hydrogen-bond acceptors (Lipinski definition) is 3. The predicted molar refractivity (Wildman–Crippen MR) is 85.7 cm³/mol. The van der Waals surface area contributed by atoms with E-state index in [0.717, 1.165) is 29.1 Å². The molecule has 2 aromatic rings. The Labute approximate surface area is 133 Å². The third kappa shape index (κ3) is 3.86. The summed E-state index contributed by atoms with van der Waals surface area (Å²) in [4.78, 5) is 0. The quantitative estimate of drug-likeness (QED) is 0.887. The van der Waals surface area contributed by atoms with E-state index < -0.39 is 0 Å². The lowest BCUT2D eigenvalue weighted by atomic mass is 9.97.